The Bertz CT molecular complexity index is 898. The molecule has 0 N–H and O–H groups in total. The molecule has 51 heavy (non-hydrogen) atoms. The van der Waals surface area contributed by atoms with Crippen molar-refractivity contribution in [1.82, 2.24) is 0 Å². The zero-order valence-corrected chi connectivity index (χ0v) is 33.5. The van der Waals surface area contributed by atoms with Gasteiger partial charge >= 0.3 is 11.9 Å². The van der Waals surface area contributed by atoms with Crippen molar-refractivity contribution in [3.8, 4) is 0 Å². The SMILES string of the molecule is CCC/C=C\CCCCCCCC(=O)OCC(COC(OCC[N+](C)(C)C)C(=O)[O-])OC(=O)CCCCCCC/C=C\CCCCCCCCC. The molecule has 298 valence electrons. The molecule has 0 aliphatic carbocycles. The van der Waals surface area contributed by atoms with E-state index in [-0.39, 0.29) is 38.6 Å². The van der Waals surface area contributed by atoms with Crippen LogP contribution in [0.1, 0.15) is 168 Å². The van der Waals surface area contributed by atoms with Crippen molar-refractivity contribution in [1.29, 1.82) is 0 Å². The van der Waals surface area contributed by atoms with Gasteiger partial charge in [-0.1, -0.05) is 122 Å². The smallest absolute Gasteiger partial charge is 0.306 e. The van der Waals surface area contributed by atoms with Crippen LogP contribution in [0.5, 0.6) is 0 Å². The van der Waals surface area contributed by atoms with Gasteiger partial charge in [0.2, 0.25) is 0 Å². The minimum atomic E-state index is -1.62. The Kier molecular flexibility index (Phi) is 33.3. The normalized spacial score (nSPS) is 13.2. The maximum atomic E-state index is 12.7. The first-order valence-electron chi connectivity index (χ1n) is 20.5. The van der Waals surface area contributed by atoms with Crippen LogP contribution in [-0.4, -0.2) is 82.3 Å². The molecule has 0 aromatic rings. The van der Waals surface area contributed by atoms with E-state index >= 15 is 0 Å². The molecule has 0 rings (SSSR count). The van der Waals surface area contributed by atoms with E-state index in [4.69, 9.17) is 18.9 Å². The van der Waals surface area contributed by atoms with Crippen LogP contribution >= 0.6 is 0 Å². The molecule has 0 amide bonds. The van der Waals surface area contributed by atoms with Gasteiger partial charge in [-0.3, -0.25) is 9.59 Å². The number of hydrogen-bond donors (Lipinski definition) is 0. The maximum Gasteiger partial charge on any atom is 0.306 e. The van der Waals surface area contributed by atoms with Crippen molar-refractivity contribution in [2.45, 2.75) is 180 Å². The number of likely N-dealkylation sites (N-methyl/N-ethyl adjacent to an activating group) is 1. The molecular formula is C42H77NO8. The highest BCUT2D eigenvalue weighted by molar-refractivity contribution is 5.70. The van der Waals surface area contributed by atoms with Gasteiger partial charge in [0.25, 0.3) is 0 Å². The molecule has 0 aromatic carbocycles. The van der Waals surface area contributed by atoms with Gasteiger partial charge in [-0.15, -0.1) is 0 Å². The number of aliphatic carboxylic acids is 1. The highest BCUT2D eigenvalue weighted by atomic mass is 16.7. The molecule has 2 atom stereocenters. The van der Waals surface area contributed by atoms with Crippen molar-refractivity contribution < 1.29 is 42.9 Å². The second kappa shape index (κ2) is 34.8. The minimum Gasteiger partial charge on any atom is -0.545 e. The Morgan fingerprint density at radius 2 is 1.04 bits per heavy atom. The summed E-state index contributed by atoms with van der Waals surface area (Å²) >= 11 is 0. The fourth-order valence-electron chi connectivity index (χ4n) is 5.41. The molecular weight excluding hydrogens is 646 g/mol. The van der Waals surface area contributed by atoms with Gasteiger partial charge in [-0.25, -0.2) is 0 Å². The van der Waals surface area contributed by atoms with E-state index in [9.17, 15) is 19.5 Å². The summed E-state index contributed by atoms with van der Waals surface area (Å²) in [6.07, 6.45) is 32.1. The summed E-state index contributed by atoms with van der Waals surface area (Å²) in [4.78, 5) is 36.8. The predicted octanol–water partition coefficient (Wildman–Crippen LogP) is 8.77. The second-order valence-corrected chi connectivity index (χ2v) is 14.9. The topological polar surface area (TPSA) is 111 Å². The summed E-state index contributed by atoms with van der Waals surface area (Å²) in [5.41, 5.74) is 0. The highest BCUT2D eigenvalue weighted by Gasteiger charge is 2.21. The van der Waals surface area contributed by atoms with Gasteiger partial charge in [-0.2, -0.15) is 0 Å². The van der Waals surface area contributed by atoms with E-state index < -0.39 is 24.3 Å². The number of carboxylic acids is 1. The van der Waals surface area contributed by atoms with E-state index in [1.165, 1.54) is 57.8 Å². The molecule has 0 bridgehead atoms. The number of unbranched alkanes of at least 4 members (excludes halogenated alkanes) is 18. The van der Waals surface area contributed by atoms with E-state index in [2.05, 4.69) is 38.2 Å². The summed E-state index contributed by atoms with van der Waals surface area (Å²) in [5, 5.41) is 11.6. The van der Waals surface area contributed by atoms with Crippen molar-refractivity contribution in [2.75, 3.05) is 47.5 Å². The predicted molar refractivity (Wildman–Crippen MR) is 205 cm³/mol. The first-order chi connectivity index (χ1) is 24.6. The summed E-state index contributed by atoms with van der Waals surface area (Å²) < 4.78 is 22.4. The lowest BCUT2D eigenvalue weighted by Gasteiger charge is -2.26. The number of esters is 2. The molecule has 0 heterocycles. The summed E-state index contributed by atoms with van der Waals surface area (Å²) in [7, 11) is 5.89. The molecule has 0 saturated carbocycles. The number of carbonyl (C=O) groups excluding carboxylic acids is 3. The van der Waals surface area contributed by atoms with E-state index in [1.54, 1.807) is 0 Å². The zero-order valence-electron chi connectivity index (χ0n) is 33.5. The van der Waals surface area contributed by atoms with E-state index in [0.717, 1.165) is 77.0 Å². The quantitative estimate of drug-likeness (QED) is 0.0206. The third-order valence-corrected chi connectivity index (χ3v) is 8.65. The Labute approximate surface area is 312 Å². The van der Waals surface area contributed by atoms with Crippen molar-refractivity contribution >= 4 is 17.9 Å². The van der Waals surface area contributed by atoms with Gasteiger partial charge in [0, 0.05) is 12.8 Å². The average molecular weight is 724 g/mol. The van der Waals surface area contributed by atoms with Crippen LogP contribution in [0.2, 0.25) is 0 Å². The average Bonchev–Trinajstić information content (AvgIpc) is 3.08. The molecule has 0 saturated heterocycles. The van der Waals surface area contributed by atoms with Crippen LogP contribution in [-0.2, 0) is 33.3 Å². The summed E-state index contributed by atoms with van der Waals surface area (Å²) in [5.74, 6) is -2.31. The summed E-state index contributed by atoms with van der Waals surface area (Å²) in [6.45, 7) is 4.64. The van der Waals surface area contributed by atoms with Crippen LogP contribution < -0.4 is 5.11 Å². The van der Waals surface area contributed by atoms with Crippen LogP contribution in [0.15, 0.2) is 24.3 Å². The van der Waals surface area contributed by atoms with Gasteiger partial charge in [0.1, 0.15) is 13.2 Å². The third-order valence-electron chi connectivity index (χ3n) is 8.65. The van der Waals surface area contributed by atoms with Crippen molar-refractivity contribution in [3.63, 3.8) is 0 Å². The first kappa shape index (κ1) is 48.8. The van der Waals surface area contributed by atoms with Gasteiger partial charge in [-0.05, 0) is 57.8 Å². The Morgan fingerprint density at radius 1 is 0.569 bits per heavy atom. The molecule has 0 aromatic heterocycles. The van der Waals surface area contributed by atoms with Gasteiger partial charge in [0.05, 0.1) is 40.3 Å². The Hall–Kier alpha value is -2.23. The lowest BCUT2D eigenvalue weighted by atomic mass is 10.1. The van der Waals surface area contributed by atoms with Crippen molar-refractivity contribution in [2.24, 2.45) is 0 Å². The zero-order chi connectivity index (χ0) is 37.8. The largest absolute Gasteiger partial charge is 0.545 e. The molecule has 9 nitrogen and oxygen atoms in total. The Morgan fingerprint density at radius 3 is 1.53 bits per heavy atom. The highest BCUT2D eigenvalue weighted by Crippen LogP contribution is 2.13. The second-order valence-electron chi connectivity index (χ2n) is 14.9. The molecule has 0 aliphatic rings. The fourth-order valence-corrected chi connectivity index (χ4v) is 5.41. The lowest BCUT2D eigenvalue weighted by molar-refractivity contribution is -0.870. The number of carboxylic acid groups (broad SMARTS) is 1. The number of carbonyl (C=O) groups is 3. The number of nitrogens with zero attached hydrogens (tertiary/aromatic N) is 1. The van der Waals surface area contributed by atoms with Crippen LogP contribution in [0.25, 0.3) is 0 Å². The monoisotopic (exact) mass is 724 g/mol. The van der Waals surface area contributed by atoms with Gasteiger partial charge in [0.15, 0.2) is 12.4 Å². The van der Waals surface area contributed by atoms with Gasteiger partial charge < -0.3 is 33.3 Å². The molecule has 0 spiro atoms. The van der Waals surface area contributed by atoms with Crippen molar-refractivity contribution in [3.05, 3.63) is 24.3 Å². The van der Waals surface area contributed by atoms with E-state index in [1.807, 2.05) is 21.1 Å². The minimum absolute atomic E-state index is 0.146. The first-order valence-corrected chi connectivity index (χ1v) is 20.5. The number of allylic oxidation sites excluding steroid dienone is 4. The molecule has 2 unspecified atom stereocenters. The fraction of sp³-hybridized carbons (Fsp3) is 0.833. The number of hydrogen-bond acceptors (Lipinski definition) is 8. The van der Waals surface area contributed by atoms with E-state index in [0.29, 0.717) is 17.4 Å². The summed E-state index contributed by atoms with van der Waals surface area (Å²) in [6, 6.07) is 0. The van der Waals surface area contributed by atoms with Crippen LogP contribution in [0, 0.1) is 0 Å². The molecule has 0 fully saturated rings. The van der Waals surface area contributed by atoms with Crippen LogP contribution in [0.3, 0.4) is 0 Å². The lowest BCUT2D eigenvalue weighted by Crippen LogP contribution is -2.44. The molecule has 0 radical (unpaired) electrons. The molecule has 0 aliphatic heterocycles. The Balaban J connectivity index is 4.50. The molecule has 9 heteroatoms. The number of quaternary nitrogens is 1. The maximum absolute atomic E-state index is 12.7. The third kappa shape index (κ3) is 35.9. The standard InChI is InChI=1S/C42H77NO8/c1-6-8-10-12-14-16-18-19-20-21-22-23-25-27-29-31-33-40(45)51-38(37-50-42(41(46)47)48-35-34-43(3,4)5)36-49-39(44)32-30-28-26-24-17-15-13-11-9-7-2/h11,13,20-21,38,42H,6-10,12,14-19,22-37H2,1-5H3/b13-11-,21-20-. The number of ether oxygens (including phenoxy) is 4. The number of rotatable bonds is 37. The van der Waals surface area contributed by atoms with Crippen LogP contribution in [0.4, 0.5) is 0 Å².